The number of halogens is 1. The van der Waals surface area contributed by atoms with Crippen molar-refractivity contribution in [3.63, 3.8) is 0 Å². The molecule has 2 aromatic rings. The average Bonchev–Trinajstić information content (AvgIpc) is 3.03. The number of aromatic nitrogens is 2. The van der Waals surface area contributed by atoms with E-state index < -0.39 is 0 Å². The van der Waals surface area contributed by atoms with E-state index in [1.54, 1.807) is 0 Å². The Morgan fingerprint density at radius 3 is 2.77 bits per heavy atom. The molecule has 0 aliphatic carbocycles. The first-order chi connectivity index (χ1) is 10.8. The summed E-state index contributed by atoms with van der Waals surface area (Å²) in [6, 6.07) is 7.96. The zero-order valence-electron chi connectivity index (χ0n) is 13.0. The number of benzene rings is 1. The van der Waals surface area contributed by atoms with Gasteiger partial charge in [-0.2, -0.15) is 11.8 Å². The van der Waals surface area contributed by atoms with Crippen LogP contribution in [0.4, 0.5) is 0 Å². The van der Waals surface area contributed by atoms with Crippen molar-refractivity contribution in [2.45, 2.75) is 38.0 Å². The van der Waals surface area contributed by atoms with Crippen molar-refractivity contribution in [2.24, 2.45) is 0 Å². The summed E-state index contributed by atoms with van der Waals surface area (Å²) >= 11 is 7.95. The summed E-state index contributed by atoms with van der Waals surface area (Å²) in [6.07, 6.45) is 14.1. The maximum atomic E-state index is 5.93. The number of rotatable bonds is 9. The second-order valence-electron chi connectivity index (χ2n) is 5.29. The lowest BCUT2D eigenvalue weighted by Crippen LogP contribution is -2.10. The van der Waals surface area contributed by atoms with Gasteiger partial charge in [-0.3, -0.25) is 0 Å². The molecule has 0 saturated heterocycles. The van der Waals surface area contributed by atoms with Gasteiger partial charge in [0, 0.05) is 29.2 Å². The van der Waals surface area contributed by atoms with Gasteiger partial charge in [0.1, 0.15) is 0 Å². The molecule has 0 aliphatic heterocycles. The molecule has 0 spiro atoms. The molecule has 2 rings (SSSR count). The van der Waals surface area contributed by atoms with E-state index in [9.17, 15) is 0 Å². The smallest absolute Gasteiger partial charge is 0.0946 e. The van der Waals surface area contributed by atoms with E-state index in [0.717, 1.165) is 11.6 Å². The fourth-order valence-electron chi connectivity index (χ4n) is 2.15. The zero-order valence-corrected chi connectivity index (χ0v) is 14.6. The number of thioether (sulfide) groups is 1. The number of hydrogen-bond donors (Lipinski definition) is 0. The number of hydrogen-bond acceptors (Lipinski definition) is 2. The minimum atomic E-state index is 0.460. The van der Waals surface area contributed by atoms with Gasteiger partial charge in [-0.25, -0.2) is 4.98 Å². The van der Waals surface area contributed by atoms with E-state index in [2.05, 4.69) is 40.8 Å². The van der Waals surface area contributed by atoms with Gasteiger partial charge in [-0.15, -0.1) is 0 Å². The Morgan fingerprint density at radius 2 is 2.09 bits per heavy atom. The summed E-state index contributed by atoms with van der Waals surface area (Å²) < 4.78 is 2.14. The molecule has 118 valence electrons. The molecule has 0 radical (unpaired) electrons. The third kappa shape index (κ3) is 6.29. The molecule has 0 N–H and O–H groups in total. The number of imidazole rings is 1. The molecule has 2 nitrogen and oxygen atoms in total. The second-order valence-corrected chi connectivity index (χ2v) is 7.07. The van der Waals surface area contributed by atoms with E-state index in [-0.39, 0.29) is 0 Å². The van der Waals surface area contributed by atoms with Crippen LogP contribution >= 0.6 is 23.4 Å². The highest BCUT2D eigenvalue weighted by Crippen LogP contribution is 2.19. The zero-order chi connectivity index (χ0) is 15.6. The molecule has 22 heavy (non-hydrogen) atoms. The monoisotopic (exact) mass is 334 g/mol. The third-order valence-corrected chi connectivity index (χ3v) is 4.91. The van der Waals surface area contributed by atoms with Crippen LogP contribution in [0.25, 0.3) is 6.08 Å². The lowest BCUT2D eigenvalue weighted by Gasteiger charge is -2.13. The van der Waals surface area contributed by atoms with Crippen LogP contribution in [0, 0.1) is 0 Å². The van der Waals surface area contributed by atoms with Crippen LogP contribution in [0.2, 0.25) is 5.02 Å². The van der Waals surface area contributed by atoms with E-state index in [1.165, 1.54) is 30.6 Å². The van der Waals surface area contributed by atoms with E-state index in [0.29, 0.717) is 5.25 Å². The largest absolute Gasteiger partial charge is 0.336 e. The highest BCUT2D eigenvalue weighted by molar-refractivity contribution is 8.00. The summed E-state index contributed by atoms with van der Waals surface area (Å²) in [5.74, 6) is 1.21. The van der Waals surface area contributed by atoms with Crippen LogP contribution < -0.4 is 0 Å². The Labute approximate surface area is 142 Å². The van der Waals surface area contributed by atoms with Gasteiger partial charge in [0.25, 0.3) is 0 Å². The third-order valence-electron chi connectivity index (χ3n) is 3.40. The summed E-state index contributed by atoms with van der Waals surface area (Å²) in [7, 11) is 0. The highest BCUT2D eigenvalue weighted by Gasteiger charge is 2.06. The molecule has 0 fully saturated rings. The molecule has 0 aliphatic rings. The van der Waals surface area contributed by atoms with Crippen molar-refractivity contribution in [1.29, 1.82) is 0 Å². The molecule has 1 aromatic carbocycles. The summed E-state index contributed by atoms with van der Waals surface area (Å²) in [6.45, 7) is 3.20. The van der Waals surface area contributed by atoms with Gasteiger partial charge in [0.2, 0.25) is 0 Å². The molecule has 0 amide bonds. The van der Waals surface area contributed by atoms with Crippen molar-refractivity contribution in [3.8, 4) is 0 Å². The van der Waals surface area contributed by atoms with Crippen LogP contribution in [-0.4, -0.2) is 20.6 Å². The number of nitrogens with zero attached hydrogens (tertiary/aromatic N) is 2. The van der Waals surface area contributed by atoms with Crippen LogP contribution in [-0.2, 0) is 6.54 Å². The Bertz CT molecular complexity index is 549. The molecule has 0 bridgehead atoms. The van der Waals surface area contributed by atoms with Crippen LogP contribution in [0.3, 0.4) is 0 Å². The van der Waals surface area contributed by atoms with Crippen molar-refractivity contribution in [3.05, 3.63) is 59.6 Å². The van der Waals surface area contributed by atoms with Crippen LogP contribution in [0.1, 0.15) is 31.7 Å². The summed E-state index contributed by atoms with van der Waals surface area (Å²) in [5, 5.41) is 1.24. The number of unbranched alkanes of at least 4 members (excludes halogenated alkanes) is 2. The molecular weight excluding hydrogens is 312 g/mol. The average molecular weight is 335 g/mol. The van der Waals surface area contributed by atoms with Crippen LogP contribution in [0.5, 0.6) is 0 Å². The first kappa shape index (κ1) is 17.2. The molecule has 1 heterocycles. The molecule has 4 heteroatoms. The van der Waals surface area contributed by atoms with E-state index in [4.69, 9.17) is 11.6 Å². The molecule has 0 saturated carbocycles. The normalized spacial score (nSPS) is 12.8. The standard InChI is InChI=1S/C18H23ClN2S/c1-2-3-4-13-22-18(14-21-12-11-20-15-21)10-7-16-5-8-17(19)9-6-16/h5-12,15,18H,2-4,13-14H2,1H3. The fraction of sp³-hybridized carbons (Fsp3) is 0.389. The minimum Gasteiger partial charge on any atom is -0.336 e. The quantitative estimate of drug-likeness (QED) is 0.560. The lowest BCUT2D eigenvalue weighted by molar-refractivity contribution is 0.717. The maximum absolute atomic E-state index is 5.93. The van der Waals surface area contributed by atoms with Gasteiger partial charge in [0.05, 0.1) is 6.33 Å². The Morgan fingerprint density at radius 1 is 1.27 bits per heavy atom. The maximum Gasteiger partial charge on any atom is 0.0946 e. The lowest BCUT2D eigenvalue weighted by atomic mass is 10.2. The first-order valence-electron chi connectivity index (χ1n) is 7.79. The van der Waals surface area contributed by atoms with E-state index >= 15 is 0 Å². The van der Waals surface area contributed by atoms with Crippen molar-refractivity contribution in [2.75, 3.05) is 5.75 Å². The fourth-order valence-corrected chi connectivity index (χ4v) is 3.42. The van der Waals surface area contributed by atoms with Gasteiger partial charge in [-0.05, 0) is 29.9 Å². The highest BCUT2D eigenvalue weighted by atomic mass is 35.5. The first-order valence-corrected chi connectivity index (χ1v) is 9.21. The van der Waals surface area contributed by atoms with Gasteiger partial charge in [0.15, 0.2) is 0 Å². The van der Waals surface area contributed by atoms with Crippen molar-refractivity contribution < 1.29 is 0 Å². The molecule has 1 unspecified atom stereocenters. The van der Waals surface area contributed by atoms with E-state index in [1.807, 2.05) is 42.6 Å². The van der Waals surface area contributed by atoms with Gasteiger partial charge in [-0.1, -0.05) is 55.7 Å². The van der Waals surface area contributed by atoms with Crippen molar-refractivity contribution >= 4 is 29.4 Å². The topological polar surface area (TPSA) is 17.8 Å². The predicted molar refractivity (Wildman–Crippen MR) is 98.5 cm³/mol. The Hall–Kier alpha value is -1.19. The van der Waals surface area contributed by atoms with Gasteiger partial charge < -0.3 is 4.57 Å². The molecule has 1 aromatic heterocycles. The predicted octanol–water partition coefficient (Wildman–Crippen LogP) is 5.54. The summed E-state index contributed by atoms with van der Waals surface area (Å²) in [5.41, 5.74) is 1.19. The Kier molecular flexibility index (Phi) is 7.61. The van der Waals surface area contributed by atoms with Gasteiger partial charge >= 0.3 is 0 Å². The SMILES string of the molecule is CCCCCSC(C=Cc1ccc(Cl)cc1)Cn1ccnc1. The minimum absolute atomic E-state index is 0.460. The molecule has 1 atom stereocenters. The summed E-state index contributed by atoms with van der Waals surface area (Å²) in [4.78, 5) is 4.13. The second kappa shape index (κ2) is 9.75. The van der Waals surface area contributed by atoms with Crippen molar-refractivity contribution in [1.82, 2.24) is 9.55 Å². The Balaban J connectivity index is 1.94. The van der Waals surface area contributed by atoms with Crippen LogP contribution in [0.15, 0.2) is 49.1 Å². The molecular formula is C18H23ClN2S.